The molecule has 2 nitrogen and oxygen atoms in total. The second kappa shape index (κ2) is 6.45. The molecule has 0 radical (unpaired) electrons. The molecule has 0 spiro atoms. The lowest BCUT2D eigenvalue weighted by Crippen LogP contribution is -2.03. The number of nitrogens with zero attached hydrogens (tertiary/aromatic N) is 1. The molecule has 0 unspecified atom stereocenters. The molecule has 2 aromatic carbocycles. The Morgan fingerprint density at radius 2 is 1.95 bits per heavy atom. The number of anilines is 1. The molecule has 0 aromatic heterocycles. The fourth-order valence-corrected chi connectivity index (χ4v) is 2.50. The monoisotopic (exact) mass is 372 g/mol. The number of hydrogen-bond acceptors (Lipinski definition) is 2. The Bertz CT molecular complexity index is 698. The smallest absolute Gasteiger partial charge is 0.145 e. The van der Waals surface area contributed by atoms with Crippen LogP contribution in [0.4, 0.5) is 10.1 Å². The van der Waals surface area contributed by atoms with E-state index in [4.69, 9.17) is 28.5 Å². The first-order chi connectivity index (χ1) is 9.54. The van der Waals surface area contributed by atoms with E-state index in [0.29, 0.717) is 25.8 Å². The van der Waals surface area contributed by atoms with Gasteiger partial charge in [0.2, 0.25) is 0 Å². The van der Waals surface area contributed by atoms with E-state index in [1.165, 1.54) is 6.07 Å². The molecule has 0 amide bonds. The average molecular weight is 374 g/mol. The van der Waals surface area contributed by atoms with Crippen molar-refractivity contribution in [3.05, 3.63) is 61.8 Å². The Balaban J connectivity index is 2.22. The fourth-order valence-electron chi connectivity index (χ4n) is 1.66. The molecule has 102 valence electrons. The fraction of sp³-hybridized carbons (Fsp3) is 0.0714. The zero-order chi connectivity index (χ0) is 14.7. The Kier molecular flexibility index (Phi) is 4.87. The van der Waals surface area contributed by atoms with Crippen LogP contribution in [0.5, 0.6) is 0 Å². The van der Waals surface area contributed by atoms with Crippen molar-refractivity contribution in [3.63, 3.8) is 0 Å². The minimum absolute atomic E-state index is 0.0178. The summed E-state index contributed by atoms with van der Waals surface area (Å²) in [5.74, 6) is -0.526. The van der Waals surface area contributed by atoms with E-state index in [2.05, 4.69) is 21.2 Å². The van der Waals surface area contributed by atoms with Gasteiger partial charge in [0.05, 0.1) is 21.3 Å². The molecule has 0 heterocycles. The van der Waals surface area contributed by atoms with Crippen molar-refractivity contribution < 1.29 is 4.39 Å². The lowest BCUT2D eigenvalue weighted by atomic mass is 10.1. The molecule has 6 heteroatoms. The summed E-state index contributed by atoms with van der Waals surface area (Å²) in [6, 6.07) is 9.97. The lowest BCUT2D eigenvalue weighted by molar-refractivity contribution is 0.609. The first kappa shape index (κ1) is 15.1. The topological polar surface area (TPSA) is 35.8 Å². The third-order valence-corrected chi connectivity index (χ3v) is 4.47. The van der Waals surface area contributed by atoms with Gasteiger partial charge in [-0.3, -0.25) is 0 Å². The Morgan fingerprint density at radius 1 is 1.20 bits per heavy atom. The van der Waals surface area contributed by atoms with Gasteiger partial charge in [0.25, 0.3) is 0 Å². The molecule has 0 aliphatic rings. The van der Waals surface area contributed by atoms with E-state index >= 15 is 0 Å². The van der Waals surface area contributed by atoms with Crippen LogP contribution in [-0.4, -0.2) is 0 Å². The highest BCUT2D eigenvalue weighted by Gasteiger charge is 2.10. The first-order valence-corrected chi connectivity index (χ1v) is 7.14. The number of benzene rings is 2. The van der Waals surface area contributed by atoms with Crippen LogP contribution in [0.1, 0.15) is 11.1 Å². The van der Waals surface area contributed by atoms with Crippen molar-refractivity contribution in [2.24, 2.45) is 0 Å². The van der Waals surface area contributed by atoms with Crippen LogP contribution in [0.3, 0.4) is 0 Å². The molecular formula is C14H8BrCl2FN2. The van der Waals surface area contributed by atoms with Gasteiger partial charge in [-0.15, -0.1) is 0 Å². The summed E-state index contributed by atoms with van der Waals surface area (Å²) in [4.78, 5) is 0. The number of nitrogens with one attached hydrogen (secondary N) is 1. The van der Waals surface area contributed by atoms with Crippen molar-refractivity contribution in [1.29, 1.82) is 5.26 Å². The van der Waals surface area contributed by atoms with E-state index in [1.54, 1.807) is 30.3 Å². The maximum Gasteiger partial charge on any atom is 0.145 e. The standard InChI is InChI=1S/C14H8BrCl2FN2/c15-10-4-5-11(13(17)12(10)16)20-7-9-3-1-2-8(6-19)14(9)18/h1-5,20H,7H2. The summed E-state index contributed by atoms with van der Waals surface area (Å²) in [5, 5.41) is 12.5. The zero-order valence-corrected chi connectivity index (χ0v) is 13.2. The van der Waals surface area contributed by atoms with Crippen molar-refractivity contribution in [1.82, 2.24) is 0 Å². The minimum Gasteiger partial charge on any atom is -0.380 e. The van der Waals surface area contributed by atoms with E-state index in [9.17, 15) is 4.39 Å². The van der Waals surface area contributed by atoms with Gasteiger partial charge in [-0.2, -0.15) is 5.26 Å². The Hall–Kier alpha value is -1.28. The molecule has 0 atom stereocenters. The van der Waals surface area contributed by atoms with Gasteiger partial charge >= 0.3 is 0 Å². The number of nitriles is 1. The van der Waals surface area contributed by atoms with Crippen LogP contribution in [0.15, 0.2) is 34.8 Å². The highest BCUT2D eigenvalue weighted by atomic mass is 79.9. The van der Waals surface area contributed by atoms with Gasteiger partial charge in [-0.25, -0.2) is 4.39 Å². The normalized spacial score (nSPS) is 10.2. The zero-order valence-electron chi connectivity index (χ0n) is 10.1. The Labute approximate surface area is 134 Å². The second-order valence-corrected chi connectivity index (χ2v) is 5.58. The van der Waals surface area contributed by atoms with Crippen molar-refractivity contribution in [2.45, 2.75) is 6.54 Å². The Morgan fingerprint density at radius 3 is 2.65 bits per heavy atom. The predicted molar refractivity (Wildman–Crippen MR) is 82.6 cm³/mol. The van der Waals surface area contributed by atoms with Gasteiger partial charge in [0, 0.05) is 16.6 Å². The lowest BCUT2D eigenvalue weighted by Gasteiger charge is -2.11. The van der Waals surface area contributed by atoms with Gasteiger partial charge in [-0.05, 0) is 34.1 Å². The van der Waals surface area contributed by atoms with Crippen LogP contribution in [-0.2, 0) is 6.54 Å². The van der Waals surface area contributed by atoms with E-state index < -0.39 is 5.82 Å². The largest absolute Gasteiger partial charge is 0.380 e. The molecular weight excluding hydrogens is 366 g/mol. The average Bonchev–Trinajstić information content (AvgIpc) is 2.45. The molecule has 0 saturated heterocycles. The van der Waals surface area contributed by atoms with Gasteiger partial charge < -0.3 is 5.32 Å². The van der Waals surface area contributed by atoms with Crippen molar-refractivity contribution in [2.75, 3.05) is 5.32 Å². The summed E-state index contributed by atoms with van der Waals surface area (Å²) in [5.41, 5.74) is 1.00. The van der Waals surface area contributed by atoms with Crippen LogP contribution in [0, 0.1) is 17.1 Å². The SMILES string of the molecule is N#Cc1cccc(CNc2ccc(Br)c(Cl)c2Cl)c1F. The molecule has 2 aromatic rings. The molecule has 0 aliphatic carbocycles. The quantitative estimate of drug-likeness (QED) is 0.733. The van der Waals surface area contributed by atoms with E-state index in [1.807, 2.05) is 0 Å². The molecule has 0 saturated carbocycles. The van der Waals surface area contributed by atoms with Gasteiger partial charge in [0.1, 0.15) is 11.9 Å². The minimum atomic E-state index is -0.526. The van der Waals surface area contributed by atoms with Gasteiger partial charge in [0.15, 0.2) is 0 Å². The third-order valence-electron chi connectivity index (χ3n) is 2.70. The van der Waals surface area contributed by atoms with Gasteiger partial charge in [-0.1, -0.05) is 35.3 Å². The number of halogens is 4. The summed E-state index contributed by atoms with van der Waals surface area (Å²) in [7, 11) is 0. The summed E-state index contributed by atoms with van der Waals surface area (Å²) >= 11 is 15.4. The summed E-state index contributed by atoms with van der Waals surface area (Å²) < 4.78 is 14.6. The molecule has 20 heavy (non-hydrogen) atoms. The maximum atomic E-state index is 13.9. The number of rotatable bonds is 3. The second-order valence-electron chi connectivity index (χ2n) is 3.97. The molecule has 2 rings (SSSR count). The number of hydrogen-bond donors (Lipinski definition) is 1. The molecule has 0 fully saturated rings. The van der Waals surface area contributed by atoms with E-state index in [-0.39, 0.29) is 12.1 Å². The van der Waals surface area contributed by atoms with Crippen LogP contribution >= 0.6 is 39.1 Å². The van der Waals surface area contributed by atoms with Crippen LogP contribution < -0.4 is 5.32 Å². The molecule has 0 bridgehead atoms. The maximum absolute atomic E-state index is 13.9. The van der Waals surface area contributed by atoms with Crippen molar-refractivity contribution >= 4 is 44.8 Å². The van der Waals surface area contributed by atoms with Crippen LogP contribution in [0.25, 0.3) is 0 Å². The predicted octanol–water partition coefficient (Wildman–Crippen LogP) is 5.38. The molecule has 1 N–H and O–H groups in total. The van der Waals surface area contributed by atoms with E-state index in [0.717, 1.165) is 0 Å². The summed E-state index contributed by atoms with van der Waals surface area (Å²) in [6.45, 7) is 0.207. The van der Waals surface area contributed by atoms with Crippen molar-refractivity contribution in [3.8, 4) is 6.07 Å². The molecule has 0 aliphatic heterocycles. The third kappa shape index (κ3) is 3.06. The highest BCUT2D eigenvalue weighted by Crippen LogP contribution is 2.36. The van der Waals surface area contributed by atoms with Crippen LogP contribution in [0.2, 0.25) is 10.0 Å². The first-order valence-electron chi connectivity index (χ1n) is 5.59. The summed E-state index contributed by atoms with van der Waals surface area (Å²) in [6.07, 6.45) is 0. The highest BCUT2D eigenvalue weighted by molar-refractivity contribution is 9.10.